The van der Waals surface area contributed by atoms with E-state index in [1.54, 1.807) is 24.3 Å². The Bertz CT molecular complexity index is 401. The minimum Gasteiger partial charge on any atom is -0.359 e. The molecular formula is C11H12N2O4. The van der Waals surface area contributed by atoms with Gasteiger partial charge in [0.1, 0.15) is 6.73 Å². The van der Waals surface area contributed by atoms with Gasteiger partial charge >= 0.3 is 12.2 Å². The SMILES string of the molecule is O=C(Nc1ccccc1)OC(=O)N1CCOC1. The van der Waals surface area contributed by atoms with E-state index in [9.17, 15) is 9.59 Å². The molecule has 1 N–H and O–H groups in total. The second-order valence-electron chi connectivity index (χ2n) is 3.45. The lowest BCUT2D eigenvalue weighted by atomic mass is 10.3. The topological polar surface area (TPSA) is 67.9 Å². The Balaban J connectivity index is 1.83. The number of hydrogen-bond acceptors (Lipinski definition) is 4. The molecule has 0 aliphatic carbocycles. The number of rotatable bonds is 1. The minimum absolute atomic E-state index is 0.164. The number of carbonyl (C=O) groups excluding carboxylic acids is 2. The van der Waals surface area contributed by atoms with Gasteiger partial charge in [-0.3, -0.25) is 10.2 Å². The van der Waals surface area contributed by atoms with Crippen LogP contribution in [0.3, 0.4) is 0 Å². The first-order valence-corrected chi connectivity index (χ1v) is 5.16. The third-order valence-corrected chi connectivity index (χ3v) is 2.21. The zero-order chi connectivity index (χ0) is 12.1. The van der Waals surface area contributed by atoms with E-state index in [-0.39, 0.29) is 6.73 Å². The Hall–Kier alpha value is -2.08. The molecule has 2 amide bonds. The van der Waals surface area contributed by atoms with Crippen LogP contribution in [0.4, 0.5) is 15.3 Å². The van der Waals surface area contributed by atoms with Gasteiger partial charge in [0, 0.05) is 12.2 Å². The number of nitrogens with one attached hydrogen (secondary N) is 1. The van der Waals surface area contributed by atoms with Crippen LogP contribution in [0.15, 0.2) is 30.3 Å². The highest BCUT2D eigenvalue weighted by Crippen LogP contribution is 2.07. The van der Waals surface area contributed by atoms with E-state index < -0.39 is 12.2 Å². The van der Waals surface area contributed by atoms with E-state index in [0.717, 1.165) is 0 Å². The Morgan fingerprint density at radius 2 is 2.06 bits per heavy atom. The van der Waals surface area contributed by atoms with Gasteiger partial charge in [-0.25, -0.2) is 9.59 Å². The molecule has 0 spiro atoms. The summed E-state index contributed by atoms with van der Waals surface area (Å²) in [5.74, 6) is 0. The molecule has 2 rings (SSSR count). The molecule has 0 radical (unpaired) electrons. The number of anilines is 1. The summed E-state index contributed by atoms with van der Waals surface area (Å²) >= 11 is 0. The predicted molar refractivity (Wildman–Crippen MR) is 59.5 cm³/mol. The molecule has 0 saturated carbocycles. The van der Waals surface area contributed by atoms with Gasteiger partial charge in [-0.05, 0) is 12.1 Å². The molecule has 1 saturated heterocycles. The van der Waals surface area contributed by atoms with Crippen LogP contribution in [0.5, 0.6) is 0 Å². The zero-order valence-corrected chi connectivity index (χ0v) is 9.09. The van der Waals surface area contributed by atoms with Crippen molar-refractivity contribution in [2.45, 2.75) is 0 Å². The minimum atomic E-state index is -0.798. The molecule has 90 valence electrons. The van der Waals surface area contributed by atoms with Gasteiger partial charge in [-0.2, -0.15) is 0 Å². The Labute approximate surface area is 98.1 Å². The molecule has 1 aliphatic rings. The first kappa shape index (κ1) is 11.4. The summed E-state index contributed by atoms with van der Waals surface area (Å²) in [6, 6.07) is 8.76. The van der Waals surface area contributed by atoms with Crippen LogP contribution in [-0.4, -0.2) is 37.0 Å². The van der Waals surface area contributed by atoms with Crippen molar-refractivity contribution in [3.05, 3.63) is 30.3 Å². The average Bonchev–Trinajstić information content (AvgIpc) is 2.83. The summed E-state index contributed by atoms with van der Waals surface area (Å²) in [6.45, 7) is 1.07. The standard InChI is InChI=1S/C11H12N2O4/c14-10(12-9-4-2-1-3-5-9)17-11(15)13-6-7-16-8-13/h1-5H,6-8H2,(H,12,14). The highest BCUT2D eigenvalue weighted by Gasteiger charge is 2.22. The van der Waals surface area contributed by atoms with Gasteiger partial charge in [0.05, 0.1) is 6.61 Å². The first-order chi connectivity index (χ1) is 8.25. The lowest BCUT2D eigenvalue weighted by Crippen LogP contribution is -2.32. The normalized spacial score (nSPS) is 14.5. The van der Waals surface area contributed by atoms with E-state index in [0.29, 0.717) is 18.8 Å². The number of carbonyl (C=O) groups is 2. The monoisotopic (exact) mass is 236 g/mol. The second kappa shape index (κ2) is 5.31. The Morgan fingerprint density at radius 3 is 2.71 bits per heavy atom. The third-order valence-electron chi connectivity index (χ3n) is 2.21. The molecule has 1 aliphatic heterocycles. The molecule has 6 heteroatoms. The molecule has 1 aromatic carbocycles. The van der Waals surface area contributed by atoms with Gasteiger partial charge in [0.15, 0.2) is 0 Å². The van der Waals surface area contributed by atoms with Gasteiger partial charge in [-0.1, -0.05) is 18.2 Å². The fraction of sp³-hybridized carbons (Fsp3) is 0.273. The summed E-state index contributed by atoms with van der Waals surface area (Å²) in [5, 5.41) is 2.45. The van der Waals surface area contributed by atoms with Gasteiger partial charge in [0.2, 0.25) is 0 Å². The zero-order valence-electron chi connectivity index (χ0n) is 9.09. The van der Waals surface area contributed by atoms with Crippen molar-refractivity contribution in [2.24, 2.45) is 0 Å². The van der Waals surface area contributed by atoms with Crippen LogP contribution in [0.25, 0.3) is 0 Å². The van der Waals surface area contributed by atoms with Crippen molar-refractivity contribution in [2.75, 3.05) is 25.2 Å². The number of para-hydroxylation sites is 1. The smallest absolute Gasteiger partial charge is 0.359 e. The first-order valence-electron chi connectivity index (χ1n) is 5.16. The third kappa shape index (κ3) is 3.18. The summed E-state index contributed by atoms with van der Waals surface area (Å²) in [5.41, 5.74) is 0.572. The molecule has 0 unspecified atom stereocenters. The lowest BCUT2D eigenvalue weighted by molar-refractivity contribution is 0.105. The van der Waals surface area contributed by atoms with E-state index in [2.05, 4.69) is 10.1 Å². The van der Waals surface area contributed by atoms with E-state index in [1.807, 2.05) is 6.07 Å². The molecule has 0 atom stereocenters. The number of ether oxygens (including phenoxy) is 2. The van der Waals surface area contributed by atoms with Crippen molar-refractivity contribution in [1.29, 1.82) is 0 Å². The van der Waals surface area contributed by atoms with Crippen LogP contribution in [0.1, 0.15) is 0 Å². The molecular weight excluding hydrogens is 224 g/mol. The number of amides is 2. The lowest BCUT2D eigenvalue weighted by Gasteiger charge is -2.12. The van der Waals surface area contributed by atoms with Gasteiger partial charge < -0.3 is 9.47 Å². The van der Waals surface area contributed by atoms with Crippen molar-refractivity contribution in [1.82, 2.24) is 4.90 Å². The van der Waals surface area contributed by atoms with Crippen LogP contribution in [-0.2, 0) is 9.47 Å². The molecule has 0 aromatic heterocycles. The van der Waals surface area contributed by atoms with Crippen molar-refractivity contribution >= 4 is 17.9 Å². The molecule has 6 nitrogen and oxygen atoms in total. The Kier molecular flexibility index (Phi) is 3.56. The maximum absolute atomic E-state index is 11.4. The van der Waals surface area contributed by atoms with Crippen molar-refractivity contribution in [3.8, 4) is 0 Å². The maximum atomic E-state index is 11.4. The van der Waals surface area contributed by atoms with Crippen LogP contribution < -0.4 is 5.32 Å². The number of benzene rings is 1. The van der Waals surface area contributed by atoms with Gasteiger partial charge in [-0.15, -0.1) is 0 Å². The van der Waals surface area contributed by atoms with Crippen LogP contribution in [0.2, 0.25) is 0 Å². The fourth-order valence-corrected chi connectivity index (χ4v) is 1.37. The van der Waals surface area contributed by atoms with Gasteiger partial charge in [0.25, 0.3) is 0 Å². The summed E-state index contributed by atoms with van der Waals surface area (Å²) in [7, 11) is 0. The fourth-order valence-electron chi connectivity index (χ4n) is 1.37. The van der Waals surface area contributed by atoms with Crippen LogP contribution in [0, 0.1) is 0 Å². The maximum Gasteiger partial charge on any atom is 0.420 e. The summed E-state index contributed by atoms with van der Waals surface area (Å²) < 4.78 is 9.57. The van der Waals surface area contributed by atoms with Crippen LogP contribution >= 0.6 is 0 Å². The number of hydrogen-bond donors (Lipinski definition) is 1. The highest BCUT2D eigenvalue weighted by atomic mass is 16.6. The van der Waals surface area contributed by atoms with E-state index in [1.165, 1.54) is 4.90 Å². The highest BCUT2D eigenvalue weighted by molar-refractivity contribution is 5.92. The molecule has 0 bridgehead atoms. The van der Waals surface area contributed by atoms with Crippen molar-refractivity contribution in [3.63, 3.8) is 0 Å². The Morgan fingerprint density at radius 1 is 1.29 bits per heavy atom. The quantitative estimate of drug-likeness (QED) is 0.753. The second-order valence-corrected chi connectivity index (χ2v) is 3.45. The summed E-state index contributed by atoms with van der Waals surface area (Å²) in [6.07, 6.45) is -1.50. The molecule has 1 aromatic rings. The molecule has 1 heterocycles. The van der Waals surface area contributed by atoms with E-state index >= 15 is 0 Å². The summed E-state index contributed by atoms with van der Waals surface area (Å²) in [4.78, 5) is 24.1. The molecule has 1 fully saturated rings. The van der Waals surface area contributed by atoms with E-state index in [4.69, 9.17) is 4.74 Å². The predicted octanol–water partition coefficient (Wildman–Crippen LogP) is 1.64. The largest absolute Gasteiger partial charge is 0.420 e. The van der Waals surface area contributed by atoms with Crippen molar-refractivity contribution < 1.29 is 19.1 Å². The number of nitrogens with zero attached hydrogens (tertiary/aromatic N) is 1. The molecule has 17 heavy (non-hydrogen) atoms. The average molecular weight is 236 g/mol.